The standard InChI is InChI=1S/C17H28N4O2/c1-14-15(10-18-19(14)2)11-20-7-3-5-17(12-20)6-4-16(23)21(13-17)8-9-22/h10,22H,3-9,11-13H2,1-2H3. The average Bonchev–Trinajstić information content (AvgIpc) is 2.84. The molecule has 128 valence electrons. The molecule has 0 bridgehead atoms. The molecule has 1 amide bonds. The predicted octanol–water partition coefficient (Wildman–Crippen LogP) is 0.925. The highest BCUT2D eigenvalue weighted by molar-refractivity contribution is 5.77. The molecule has 6 nitrogen and oxygen atoms in total. The zero-order valence-electron chi connectivity index (χ0n) is 14.3. The number of piperidine rings is 2. The van der Waals surface area contributed by atoms with Crippen LogP contribution in [0.25, 0.3) is 0 Å². The van der Waals surface area contributed by atoms with Crippen molar-refractivity contribution >= 4 is 5.91 Å². The van der Waals surface area contributed by atoms with Crippen LogP contribution in [0.2, 0.25) is 0 Å². The van der Waals surface area contributed by atoms with Crippen molar-refractivity contribution < 1.29 is 9.90 Å². The predicted molar refractivity (Wildman–Crippen MR) is 87.8 cm³/mol. The average molecular weight is 320 g/mol. The Morgan fingerprint density at radius 3 is 2.87 bits per heavy atom. The Bertz CT molecular complexity index is 571. The molecule has 23 heavy (non-hydrogen) atoms. The van der Waals surface area contributed by atoms with Gasteiger partial charge in [-0.25, -0.2) is 0 Å². The van der Waals surface area contributed by atoms with Gasteiger partial charge >= 0.3 is 0 Å². The summed E-state index contributed by atoms with van der Waals surface area (Å²) in [5.41, 5.74) is 2.73. The van der Waals surface area contributed by atoms with Gasteiger partial charge in [0.25, 0.3) is 0 Å². The number of aryl methyl sites for hydroxylation is 1. The molecular formula is C17H28N4O2. The zero-order chi connectivity index (χ0) is 16.4. The number of aromatic nitrogens is 2. The fourth-order valence-electron chi connectivity index (χ4n) is 4.15. The normalized spacial score (nSPS) is 26.2. The molecule has 0 aromatic carbocycles. The Balaban J connectivity index is 1.67. The summed E-state index contributed by atoms with van der Waals surface area (Å²) in [5.74, 6) is 0.199. The molecule has 2 aliphatic rings. The summed E-state index contributed by atoms with van der Waals surface area (Å²) in [6, 6.07) is 0. The molecule has 0 saturated carbocycles. The number of carbonyl (C=O) groups excluding carboxylic acids is 1. The number of hydrogen-bond acceptors (Lipinski definition) is 4. The van der Waals surface area contributed by atoms with Crippen molar-refractivity contribution in [3.8, 4) is 0 Å². The van der Waals surface area contributed by atoms with Gasteiger partial charge in [0.05, 0.1) is 12.8 Å². The maximum Gasteiger partial charge on any atom is 0.222 e. The third-order valence-electron chi connectivity index (χ3n) is 5.59. The minimum atomic E-state index is 0.0560. The first-order valence-corrected chi connectivity index (χ1v) is 8.61. The molecule has 1 aromatic heterocycles. The van der Waals surface area contributed by atoms with E-state index in [1.54, 1.807) is 0 Å². The van der Waals surface area contributed by atoms with Gasteiger partial charge in [-0.15, -0.1) is 0 Å². The molecule has 1 aromatic rings. The van der Waals surface area contributed by atoms with Crippen LogP contribution in [0.3, 0.4) is 0 Å². The topological polar surface area (TPSA) is 61.6 Å². The summed E-state index contributed by atoms with van der Waals surface area (Å²) >= 11 is 0. The van der Waals surface area contributed by atoms with Crippen molar-refractivity contribution in [3.05, 3.63) is 17.5 Å². The van der Waals surface area contributed by atoms with E-state index < -0.39 is 0 Å². The van der Waals surface area contributed by atoms with Gasteiger partial charge in [-0.3, -0.25) is 14.4 Å². The van der Waals surface area contributed by atoms with Gasteiger partial charge in [-0.2, -0.15) is 5.10 Å². The molecular weight excluding hydrogens is 292 g/mol. The number of aliphatic hydroxyl groups excluding tert-OH is 1. The van der Waals surface area contributed by atoms with E-state index >= 15 is 0 Å². The summed E-state index contributed by atoms with van der Waals surface area (Å²) in [5, 5.41) is 13.5. The van der Waals surface area contributed by atoms with Crippen molar-refractivity contribution in [3.63, 3.8) is 0 Å². The largest absolute Gasteiger partial charge is 0.395 e. The van der Waals surface area contributed by atoms with Crippen LogP contribution >= 0.6 is 0 Å². The van der Waals surface area contributed by atoms with Gasteiger partial charge in [0.15, 0.2) is 0 Å². The molecule has 2 saturated heterocycles. The Morgan fingerprint density at radius 1 is 1.35 bits per heavy atom. The first-order chi connectivity index (χ1) is 11.0. The molecule has 3 heterocycles. The number of hydrogen-bond donors (Lipinski definition) is 1. The number of nitrogens with zero attached hydrogens (tertiary/aromatic N) is 4. The molecule has 2 aliphatic heterocycles. The Labute approximate surface area is 138 Å². The van der Waals surface area contributed by atoms with E-state index in [2.05, 4.69) is 16.9 Å². The Hall–Kier alpha value is -1.40. The molecule has 0 aliphatic carbocycles. The summed E-state index contributed by atoms with van der Waals surface area (Å²) < 4.78 is 1.93. The monoisotopic (exact) mass is 320 g/mol. The minimum Gasteiger partial charge on any atom is -0.395 e. The van der Waals surface area contributed by atoms with E-state index in [0.717, 1.165) is 32.6 Å². The van der Waals surface area contributed by atoms with E-state index in [9.17, 15) is 9.90 Å². The number of rotatable bonds is 4. The Kier molecular flexibility index (Phi) is 4.73. The molecule has 2 fully saturated rings. The van der Waals surface area contributed by atoms with E-state index in [0.29, 0.717) is 13.0 Å². The zero-order valence-corrected chi connectivity index (χ0v) is 14.3. The van der Waals surface area contributed by atoms with Crippen LogP contribution in [0, 0.1) is 12.3 Å². The van der Waals surface area contributed by atoms with E-state index in [-0.39, 0.29) is 17.9 Å². The van der Waals surface area contributed by atoms with Crippen LogP contribution in [-0.4, -0.2) is 63.4 Å². The van der Waals surface area contributed by atoms with Gasteiger partial charge in [0, 0.05) is 56.3 Å². The quantitative estimate of drug-likeness (QED) is 0.896. The van der Waals surface area contributed by atoms with Gasteiger partial charge in [-0.1, -0.05) is 0 Å². The lowest BCUT2D eigenvalue weighted by Crippen LogP contribution is -2.54. The summed E-state index contributed by atoms with van der Waals surface area (Å²) in [6.07, 6.45) is 5.94. The summed E-state index contributed by atoms with van der Waals surface area (Å²) in [7, 11) is 1.98. The second kappa shape index (κ2) is 6.61. The molecule has 1 N–H and O–H groups in total. The number of carbonyl (C=O) groups is 1. The maximum absolute atomic E-state index is 12.0. The molecule has 0 radical (unpaired) electrons. The number of β-amino-alcohol motifs (C(OH)–C–C–N with tert-alkyl or cyclic N) is 1. The lowest BCUT2D eigenvalue weighted by atomic mass is 9.73. The Morgan fingerprint density at radius 2 is 2.17 bits per heavy atom. The van der Waals surface area contributed by atoms with Crippen LogP contribution in [0.4, 0.5) is 0 Å². The first kappa shape index (κ1) is 16.5. The van der Waals surface area contributed by atoms with Crippen molar-refractivity contribution in [1.29, 1.82) is 0 Å². The third kappa shape index (κ3) is 3.43. The van der Waals surface area contributed by atoms with Gasteiger partial charge in [0.2, 0.25) is 5.91 Å². The molecule has 1 unspecified atom stereocenters. The number of likely N-dealkylation sites (tertiary alicyclic amines) is 2. The van der Waals surface area contributed by atoms with Crippen LogP contribution in [-0.2, 0) is 18.4 Å². The van der Waals surface area contributed by atoms with Gasteiger partial charge in [-0.05, 0) is 32.7 Å². The molecule has 1 atom stereocenters. The van der Waals surface area contributed by atoms with Crippen molar-refractivity contribution in [2.75, 3.05) is 32.8 Å². The van der Waals surface area contributed by atoms with Gasteiger partial charge < -0.3 is 10.0 Å². The lowest BCUT2D eigenvalue weighted by Gasteiger charge is -2.48. The van der Waals surface area contributed by atoms with Crippen LogP contribution in [0.1, 0.15) is 36.9 Å². The van der Waals surface area contributed by atoms with Crippen LogP contribution in [0.5, 0.6) is 0 Å². The smallest absolute Gasteiger partial charge is 0.222 e. The third-order valence-corrected chi connectivity index (χ3v) is 5.59. The fourth-order valence-corrected chi connectivity index (χ4v) is 4.15. The summed E-state index contributed by atoms with van der Waals surface area (Å²) in [6.45, 7) is 6.54. The molecule has 6 heteroatoms. The number of aliphatic hydroxyl groups is 1. The van der Waals surface area contributed by atoms with E-state index in [4.69, 9.17) is 0 Å². The lowest BCUT2D eigenvalue weighted by molar-refractivity contribution is -0.140. The maximum atomic E-state index is 12.0. The van der Waals surface area contributed by atoms with Crippen molar-refractivity contribution in [2.24, 2.45) is 12.5 Å². The first-order valence-electron chi connectivity index (χ1n) is 8.61. The highest BCUT2D eigenvalue weighted by Gasteiger charge is 2.41. The highest BCUT2D eigenvalue weighted by Crippen LogP contribution is 2.39. The van der Waals surface area contributed by atoms with Crippen LogP contribution < -0.4 is 0 Å². The highest BCUT2D eigenvalue weighted by atomic mass is 16.3. The van der Waals surface area contributed by atoms with Crippen molar-refractivity contribution in [1.82, 2.24) is 19.6 Å². The second-order valence-electron chi connectivity index (χ2n) is 7.23. The van der Waals surface area contributed by atoms with Gasteiger partial charge in [0.1, 0.15) is 0 Å². The second-order valence-corrected chi connectivity index (χ2v) is 7.23. The van der Waals surface area contributed by atoms with E-state index in [1.165, 1.54) is 24.1 Å². The van der Waals surface area contributed by atoms with Crippen molar-refractivity contribution in [2.45, 2.75) is 39.2 Å². The molecule has 1 spiro atoms. The SMILES string of the molecule is Cc1c(CN2CCCC3(CCC(=O)N(CCO)C3)C2)cnn1C. The summed E-state index contributed by atoms with van der Waals surface area (Å²) in [4.78, 5) is 16.4. The number of amides is 1. The fraction of sp³-hybridized carbons (Fsp3) is 0.765. The van der Waals surface area contributed by atoms with E-state index in [1.807, 2.05) is 22.8 Å². The minimum absolute atomic E-state index is 0.0560. The molecule has 3 rings (SSSR count). The van der Waals surface area contributed by atoms with Crippen LogP contribution in [0.15, 0.2) is 6.20 Å².